The number of benzene rings is 1. The number of aldehydes is 1. The molecule has 15 heavy (non-hydrogen) atoms. The van der Waals surface area contributed by atoms with E-state index in [-0.39, 0.29) is 0 Å². The fraction of sp³-hybridized carbons (Fsp3) is 0.167. The summed E-state index contributed by atoms with van der Waals surface area (Å²) >= 11 is 0. The Kier molecular flexibility index (Phi) is 2.05. The number of fused-ring (bicyclic) bond motifs is 1. The molecule has 0 fully saturated rings. The molecule has 1 heterocycles. The van der Waals surface area contributed by atoms with Gasteiger partial charge in [-0.25, -0.2) is 0 Å². The fourth-order valence-electron chi connectivity index (χ4n) is 1.81. The van der Waals surface area contributed by atoms with Crippen molar-refractivity contribution in [2.75, 3.05) is 0 Å². The Bertz CT molecular complexity index is 588. The zero-order valence-electron chi connectivity index (χ0n) is 8.61. The second kappa shape index (κ2) is 3.25. The first kappa shape index (κ1) is 9.47. The summed E-state index contributed by atoms with van der Waals surface area (Å²) in [6.07, 6.45) is 0.865. The van der Waals surface area contributed by atoms with Gasteiger partial charge in [0.15, 0.2) is 6.29 Å². The largest absolute Gasteiger partial charge is 0.347 e. The monoisotopic (exact) mass is 198 g/mol. The second-order valence-electron chi connectivity index (χ2n) is 3.52. The van der Waals surface area contributed by atoms with Crippen molar-refractivity contribution >= 4 is 17.2 Å². The van der Waals surface area contributed by atoms with Crippen LogP contribution < -0.4 is 0 Å². The van der Waals surface area contributed by atoms with E-state index in [1.54, 1.807) is 12.1 Å². The van der Waals surface area contributed by atoms with Crippen LogP contribution in [0.4, 0.5) is 0 Å². The van der Waals surface area contributed by atoms with Crippen LogP contribution in [-0.2, 0) is 7.05 Å². The van der Waals surface area contributed by atoms with Crippen LogP contribution in [-0.4, -0.2) is 10.9 Å². The Morgan fingerprint density at radius 1 is 1.47 bits per heavy atom. The van der Waals surface area contributed by atoms with Crippen LogP contribution in [0.5, 0.6) is 0 Å². The second-order valence-corrected chi connectivity index (χ2v) is 3.52. The van der Waals surface area contributed by atoms with Gasteiger partial charge in [0, 0.05) is 23.7 Å². The molecule has 0 atom stereocenters. The number of hydrogen-bond donors (Lipinski definition) is 0. The molecule has 2 rings (SSSR count). The van der Waals surface area contributed by atoms with E-state index in [4.69, 9.17) is 5.26 Å². The van der Waals surface area contributed by atoms with Crippen molar-refractivity contribution in [3.05, 3.63) is 35.0 Å². The molecule has 0 unspecified atom stereocenters. The van der Waals surface area contributed by atoms with Crippen molar-refractivity contribution in [2.45, 2.75) is 6.92 Å². The van der Waals surface area contributed by atoms with Gasteiger partial charge in [0.25, 0.3) is 0 Å². The Labute approximate surface area is 87.5 Å². The molecule has 74 valence electrons. The standard InChI is InChI=1S/C12H10N2O/c1-8-11(7-15)10-4-3-9(6-13)5-12(10)14(8)2/h3-5,7H,1-2H3. The van der Waals surface area contributed by atoms with Gasteiger partial charge in [-0.15, -0.1) is 0 Å². The number of aryl methyl sites for hydroxylation is 1. The van der Waals surface area contributed by atoms with E-state index in [0.717, 1.165) is 22.9 Å². The Hall–Kier alpha value is -2.08. The molecule has 0 saturated heterocycles. The average Bonchev–Trinajstić information content (AvgIpc) is 2.51. The summed E-state index contributed by atoms with van der Waals surface area (Å²) in [5.41, 5.74) is 3.17. The topological polar surface area (TPSA) is 45.8 Å². The van der Waals surface area contributed by atoms with Crippen molar-refractivity contribution in [3.63, 3.8) is 0 Å². The molecule has 0 spiro atoms. The predicted molar refractivity (Wildman–Crippen MR) is 57.8 cm³/mol. The average molecular weight is 198 g/mol. The maximum Gasteiger partial charge on any atom is 0.152 e. The van der Waals surface area contributed by atoms with E-state index in [0.29, 0.717) is 11.1 Å². The number of rotatable bonds is 1. The van der Waals surface area contributed by atoms with Crippen LogP contribution in [0.3, 0.4) is 0 Å². The van der Waals surface area contributed by atoms with Crippen molar-refractivity contribution in [1.82, 2.24) is 4.57 Å². The van der Waals surface area contributed by atoms with Crippen molar-refractivity contribution in [3.8, 4) is 6.07 Å². The van der Waals surface area contributed by atoms with Gasteiger partial charge in [-0.05, 0) is 19.1 Å². The quantitative estimate of drug-likeness (QED) is 0.659. The lowest BCUT2D eigenvalue weighted by Gasteiger charge is -1.97. The number of nitrogens with zero attached hydrogens (tertiary/aromatic N) is 2. The molecule has 0 bridgehead atoms. The lowest BCUT2D eigenvalue weighted by Crippen LogP contribution is -1.91. The molecule has 0 N–H and O–H groups in total. The summed E-state index contributed by atoms with van der Waals surface area (Å²) in [7, 11) is 1.89. The summed E-state index contributed by atoms with van der Waals surface area (Å²) in [5.74, 6) is 0. The van der Waals surface area contributed by atoms with E-state index < -0.39 is 0 Å². The highest BCUT2D eigenvalue weighted by atomic mass is 16.1. The third kappa shape index (κ3) is 1.23. The number of aromatic nitrogens is 1. The highest BCUT2D eigenvalue weighted by Gasteiger charge is 2.10. The van der Waals surface area contributed by atoms with Gasteiger partial charge < -0.3 is 4.57 Å². The summed E-state index contributed by atoms with van der Waals surface area (Å²) in [6, 6.07) is 7.45. The summed E-state index contributed by atoms with van der Waals surface area (Å²) in [6.45, 7) is 1.90. The zero-order valence-corrected chi connectivity index (χ0v) is 8.61. The van der Waals surface area contributed by atoms with Crippen molar-refractivity contribution < 1.29 is 4.79 Å². The molecular formula is C12H10N2O. The van der Waals surface area contributed by atoms with Crippen LogP contribution in [0, 0.1) is 18.3 Å². The number of hydrogen-bond acceptors (Lipinski definition) is 2. The first-order valence-corrected chi connectivity index (χ1v) is 4.63. The Morgan fingerprint density at radius 2 is 2.20 bits per heavy atom. The molecule has 0 radical (unpaired) electrons. The Morgan fingerprint density at radius 3 is 2.80 bits per heavy atom. The Balaban J connectivity index is 2.92. The molecule has 1 aromatic carbocycles. The smallest absolute Gasteiger partial charge is 0.152 e. The first-order valence-electron chi connectivity index (χ1n) is 4.63. The van der Waals surface area contributed by atoms with Crippen LogP contribution in [0.25, 0.3) is 10.9 Å². The van der Waals surface area contributed by atoms with Gasteiger partial charge in [-0.2, -0.15) is 5.26 Å². The highest BCUT2D eigenvalue weighted by Crippen LogP contribution is 2.24. The fourth-order valence-corrected chi connectivity index (χ4v) is 1.81. The lowest BCUT2D eigenvalue weighted by atomic mass is 10.1. The summed E-state index contributed by atoms with van der Waals surface area (Å²) in [5, 5.41) is 9.70. The summed E-state index contributed by atoms with van der Waals surface area (Å²) < 4.78 is 1.93. The molecule has 2 aromatic rings. The molecule has 0 saturated carbocycles. The van der Waals surface area contributed by atoms with E-state index >= 15 is 0 Å². The van der Waals surface area contributed by atoms with Gasteiger partial charge >= 0.3 is 0 Å². The minimum atomic E-state index is 0.612. The van der Waals surface area contributed by atoms with Crippen LogP contribution in [0.1, 0.15) is 21.6 Å². The van der Waals surface area contributed by atoms with Crippen LogP contribution in [0.15, 0.2) is 18.2 Å². The molecule has 3 nitrogen and oxygen atoms in total. The molecule has 0 amide bonds. The third-order valence-corrected chi connectivity index (χ3v) is 2.79. The van der Waals surface area contributed by atoms with Gasteiger partial charge in [0.2, 0.25) is 0 Å². The maximum atomic E-state index is 10.9. The third-order valence-electron chi connectivity index (χ3n) is 2.79. The minimum Gasteiger partial charge on any atom is -0.347 e. The van der Waals surface area contributed by atoms with E-state index in [9.17, 15) is 4.79 Å². The highest BCUT2D eigenvalue weighted by molar-refractivity contribution is 5.99. The zero-order chi connectivity index (χ0) is 11.0. The van der Waals surface area contributed by atoms with E-state index in [1.807, 2.05) is 24.6 Å². The summed E-state index contributed by atoms with van der Waals surface area (Å²) in [4.78, 5) is 10.9. The van der Waals surface area contributed by atoms with Crippen LogP contribution >= 0.6 is 0 Å². The van der Waals surface area contributed by atoms with Crippen LogP contribution in [0.2, 0.25) is 0 Å². The maximum absolute atomic E-state index is 10.9. The molecule has 0 aliphatic carbocycles. The molecule has 0 aliphatic heterocycles. The number of carbonyl (C=O) groups excluding carboxylic acids is 1. The lowest BCUT2D eigenvalue weighted by molar-refractivity contribution is 0.112. The van der Waals surface area contributed by atoms with Gasteiger partial charge in [0.1, 0.15) is 0 Å². The van der Waals surface area contributed by atoms with E-state index in [1.165, 1.54) is 0 Å². The minimum absolute atomic E-state index is 0.612. The molecule has 1 aromatic heterocycles. The molecular weight excluding hydrogens is 188 g/mol. The van der Waals surface area contributed by atoms with Crippen molar-refractivity contribution in [1.29, 1.82) is 5.26 Å². The number of carbonyl (C=O) groups is 1. The molecule has 0 aliphatic rings. The van der Waals surface area contributed by atoms with Gasteiger partial charge in [-0.3, -0.25) is 4.79 Å². The number of nitriles is 1. The predicted octanol–water partition coefficient (Wildman–Crippen LogP) is 2.17. The normalized spacial score (nSPS) is 10.2. The SMILES string of the molecule is Cc1c(C=O)c2ccc(C#N)cc2n1C. The van der Waals surface area contributed by atoms with Gasteiger partial charge in [-0.1, -0.05) is 6.07 Å². The van der Waals surface area contributed by atoms with Crippen molar-refractivity contribution in [2.24, 2.45) is 7.05 Å². The van der Waals surface area contributed by atoms with E-state index in [2.05, 4.69) is 6.07 Å². The first-order chi connectivity index (χ1) is 7.19. The molecule has 3 heteroatoms. The van der Waals surface area contributed by atoms with Gasteiger partial charge in [0.05, 0.1) is 17.1 Å².